The SMILES string of the molecule is CCC(C)C(N)C(=O)NC(CC(=O)O)C(=O)NC(Cc1ccc(O)cc1)C(=O)NC(CC(C)C)C(=O)O. The van der Waals surface area contributed by atoms with E-state index in [0.717, 1.165) is 0 Å². The number of amides is 3. The Morgan fingerprint density at radius 3 is 1.84 bits per heavy atom. The number of carboxylic acid groups (broad SMARTS) is 2. The largest absolute Gasteiger partial charge is 0.508 e. The first-order valence-corrected chi connectivity index (χ1v) is 12.1. The summed E-state index contributed by atoms with van der Waals surface area (Å²) < 4.78 is 0. The summed E-state index contributed by atoms with van der Waals surface area (Å²) in [6, 6.07) is 0.790. The molecule has 8 N–H and O–H groups in total. The highest BCUT2D eigenvalue weighted by atomic mass is 16.4. The number of hydrogen-bond acceptors (Lipinski definition) is 7. The Morgan fingerprint density at radius 1 is 0.838 bits per heavy atom. The number of phenols is 1. The number of benzene rings is 1. The fourth-order valence-electron chi connectivity index (χ4n) is 3.48. The number of nitrogens with one attached hydrogen (secondary N) is 3. The zero-order chi connectivity index (χ0) is 28.3. The van der Waals surface area contributed by atoms with Crippen molar-refractivity contribution in [3.05, 3.63) is 29.8 Å². The van der Waals surface area contributed by atoms with Gasteiger partial charge in [-0.2, -0.15) is 0 Å². The normalized spacial score (nSPS) is 15.1. The van der Waals surface area contributed by atoms with Crippen molar-refractivity contribution in [3.63, 3.8) is 0 Å². The lowest BCUT2D eigenvalue weighted by atomic mass is 9.98. The van der Waals surface area contributed by atoms with Gasteiger partial charge in [0.1, 0.15) is 23.9 Å². The molecule has 0 heterocycles. The van der Waals surface area contributed by atoms with E-state index in [1.807, 2.05) is 6.92 Å². The minimum atomic E-state index is -1.53. The van der Waals surface area contributed by atoms with Crippen molar-refractivity contribution in [1.82, 2.24) is 16.0 Å². The number of carbonyl (C=O) groups is 5. The fourth-order valence-corrected chi connectivity index (χ4v) is 3.48. The van der Waals surface area contributed by atoms with E-state index in [1.54, 1.807) is 20.8 Å². The summed E-state index contributed by atoms with van der Waals surface area (Å²) in [5, 5.41) is 35.5. The Hall–Kier alpha value is -3.67. The summed E-state index contributed by atoms with van der Waals surface area (Å²) in [4.78, 5) is 61.7. The molecule has 1 aromatic rings. The van der Waals surface area contributed by atoms with Crippen molar-refractivity contribution in [2.75, 3.05) is 0 Å². The number of nitrogens with two attached hydrogens (primary N) is 1. The Balaban J connectivity index is 3.19. The van der Waals surface area contributed by atoms with Crippen LogP contribution in [0.2, 0.25) is 0 Å². The molecular formula is C25H38N4O8. The van der Waals surface area contributed by atoms with Crippen LogP contribution in [0.4, 0.5) is 0 Å². The Bertz CT molecular complexity index is 951. The molecule has 0 saturated heterocycles. The predicted molar refractivity (Wildman–Crippen MR) is 134 cm³/mol. The molecule has 0 aromatic heterocycles. The summed E-state index contributed by atoms with van der Waals surface area (Å²) in [7, 11) is 0. The molecule has 5 atom stereocenters. The molecule has 0 spiro atoms. The van der Waals surface area contributed by atoms with E-state index in [0.29, 0.717) is 12.0 Å². The molecule has 0 saturated carbocycles. The minimum Gasteiger partial charge on any atom is -0.508 e. The van der Waals surface area contributed by atoms with E-state index in [1.165, 1.54) is 24.3 Å². The lowest BCUT2D eigenvalue weighted by molar-refractivity contribution is -0.143. The van der Waals surface area contributed by atoms with Gasteiger partial charge in [-0.25, -0.2) is 4.79 Å². The topological polar surface area (TPSA) is 208 Å². The molecule has 0 radical (unpaired) electrons. The van der Waals surface area contributed by atoms with Crippen LogP contribution in [0.1, 0.15) is 52.5 Å². The van der Waals surface area contributed by atoms with Gasteiger partial charge in [0.2, 0.25) is 17.7 Å². The quantitative estimate of drug-likeness (QED) is 0.169. The standard InChI is InChI=1S/C25H38N4O8/c1-5-14(4)21(26)24(35)28-18(12-20(31)32)23(34)27-17(11-15-6-8-16(30)9-7-15)22(33)29-19(25(36)37)10-13(2)3/h6-9,13-14,17-19,21,30H,5,10-12,26H2,1-4H3,(H,27,34)(H,28,35)(H,29,33)(H,31,32)(H,36,37). The summed E-state index contributed by atoms with van der Waals surface area (Å²) in [5.41, 5.74) is 6.44. The molecule has 3 amide bonds. The van der Waals surface area contributed by atoms with Gasteiger partial charge in [0.15, 0.2) is 0 Å². The van der Waals surface area contributed by atoms with Gasteiger partial charge in [-0.05, 0) is 36.0 Å². The molecule has 0 fully saturated rings. The molecule has 0 aliphatic carbocycles. The smallest absolute Gasteiger partial charge is 0.326 e. The number of aliphatic carboxylic acids is 2. The van der Waals surface area contributed by atoms with Gasteiger partial charge in [-0.15, -0.1) is 0 Å². The summed E-state index contributed by atoms with van der Waals surface area (Å²) in [5.74, 6) is -5.34. The summed E-state index contributed by atoms with van der Waals surface area (Å²) in [6.45, 7) is 7.15. The molecule has 5 unspecified atom stereocenters. The molecule has 206 valence electrons. The van der Waals surface area contributed by atoms with Crippen LogP contribution < -0.4 is 21.7 Å². The van der Waals surface area contributed by atoms with Crippen LogP contribution in [0.3, 0.4) is 0 Å². The van der Waals surface area contributed by atoms with Crippen LogP contribution in [0.5, 0.6) is 5.75 Å². The van der Waals surface area contributed by atoms with Gasteiger partial charge in [0, 0.05) is 6.42 Å². The second-order valence-electron chi connectivity index (χ2n) is 9.53. The summed E-state index contributed by atoms with van der Waals surface area (Å²) in [6.07, 6.45) is -0.123. The van der Waals surface area contributed by atoms with Crippen molar-refractivity contribution < 1.29 is 39.3 Å². The van der Waals surface area contributed by atoms with E-state index in [9.17, 15) is 39.3 Å². The van der Waals surface area contributed by atoms with Crippen LogP contribution in [0, 0.1) is 11.8 Å². The maximum absolute atomic E-state index is 13.1. The van der Waals surface area contributed by atoms with E-state index < -0.39 is 60.2 Å². The van der Waals surface area contributed by atoms with Gasteiger partial charge in [0.05, 0.1) is 12.5 Å². The average molecular weight is 523 g/mol. The van der Waals surface area contributed by atoms with Crippen LogP contribution in [0.15, 0.2) is 24.3 Å². The highest BCUT2D eigenvalue weighted by molar-refractivity contribution is 5.95. The van der Waals surface area contributed by atoms with Crippen molar-refractivity contribution in [2.45, 2.75) is 77.5 Å². The Morgan fingerprint density at radius 2 is 1.35 bits per heavy atom. The predicted octanol–water partition coefficient (Wildman–Crippen LogP) is 0.368. The first-order valence-electron chi connectivity index (χ1n) is 12.1. The van der Waals surface area contributed by atoms with Crippen LogP contribution >= 0.6 is 0 Å². The number of aromatic hydroxyl groups is 1. The van der Waals surface area contributed by atoms with Crippen molar-refractivity contribution in [1.29, 1.82) is 0 Å². The van der Waals surface area contributed by atoms with E-state index in [2.05, 4.69) is 16.0 Å². The van der Waals surface area contributed by atoms with Gasteiger partial charge < -0.3 is 37.0 Å². The first-order chi connectivity index (χ1) is 17.2. The third kappa shape index (κ3) is 10.9. The zero-order valence-corrected chi connectivity index (χ0v) is 21.6. The highest BCUT2D eigenvalue weighted by Crippen LogP contribution is 2.13. The lowest BCUT2D eigenvalue weighted by Gasteiger charge is -2.26. The van der Waals surface area contributed by atoms with Crippen LogP contribution in [-0.2, 0) is 30.4 Å². The first kappa shape index (κ1) is 31.4. The zero-order valence-electron chi connectivity index (χ0n) is 21.6. The number of carbonyl (C=O) groups excluding carboxylic acids is 3. The molecule has 0 aliphatic heterocycles. The maximum atomic E-state index is 13.1. The molecule has 0 bridgehead atoms. The second kappa shape index (κ2) is 14.8. The highest BCUT2D eigenvalue weighted by Gasteiger charge is 2.32. The second-order valence-corrected chi connectivity index (χ2v) is 9.53. The van der Waals surface area contributed by atoms with E-state index >= 15 is 0 Å². The van der Waals surface area contributed by atoms with Crippen molar-refractivity contribution >= 4 is 29.7 Å². The van der Waals surface area contributed by atoms with Gasteiger partial charge in [-0.3, -0.25) is 19.2 Å². The Kier molecular flexibility index (Phi) is 12.5. The average Bonchev–Trinajstić information content (AvgIpc) is 2.82. The van der Waals surface area contributed by atoms with Gasteiger partial charge in [-0.1, -0.05) is 46.2 Å². The molecule has 0 aliphatic rings. The number of rotatable bonds is 15. The number of carboxylic acids is 2. The molecule has 37 heavy (non-hydrogen) atoms. The van der Waals surface area contributed by atoms with Crippen LogP contribution in [-0.4, -0.2) is 69.1 Å². The van der Waals surface area contributed by atoms with Crippen LogP contribution in [0.25, 0.3) is 0 Å². The third-order valence-electron chi connectivity index (χ3n) is 5.90. The Labute approximate surface area is 216 Å². The maximum Gasteiger partial charge on any atom is 0.326 e. The monoisotopic (exact) mass is 522 g/mol. The fraction of sp³-hybridized carbons (Fsp3) is 0.560. The molecule has 12 heteroatoms. The third-order valence-corrected chi connectivity index (χ3v) is 5.90. The minimum absolute atomic E-state index is 0.0152. The van der Waals surface area contributed by atoms with E-state index in [-0.39, 0.29) is 30.4 Å². The van der Waals surface area contributed by atoms with Crippen molar-refractivity contribution in [3.8, 4) is 5.75 Å². The number of hydrogen-bond donors (Lipinski definition) is 7. The van der Waals surface area contributed by atoms with Crippen molar-refractivity contribution in [2.24, 2.45) is 17.6 Å². The molecular weight excluding hydrogens is 484 g/mol. The number of phenolic OH excluding ortho intramolecular Hbond substituents is 1. The summed E-state index contributed by atoms with van der Waals surface area (Å²) >= 11 is 0. The molecule has 1 rings (SSSR count). The van der Waals surface area contributed by atoms with E-state index in [4.69, 9.17) is 5.73 Å². The van der Waals surface area contributed by atoms with Gasteiger partial charge >= 0.3 is 11.9 Å². The van der Waals surface area contributed by atoms with Gasteiger partial charge in [0.25, 0.3) is 0 Å². The molecule has 1 aromatic carbocycles. The molecule has 12 nitrogen and oxygen atoms in total. The lowest BCUT2D eigenvalue weighted by Crippen LogP contribution is -2.58.